The van der Waals surface area contributed by atoms with Crippen LogP contribution in [0.4, 0.5) is 0 Å². The molecular weight excluding hydrogens is 266 g/mol. The summed E-state index contributed by atoms with van der Waals surface area (Å²) >= 11 is 0. The molecule has 0 aliphatic heterocycles. The van der Waals surface area contributed by atoms with Crippen molar-refractivity contribution in [2.45, 2.75) is 53.0 Å². The normalized spacial score (nSPS) is 11.5. The van der Waals surface area contributed by atoms with Crippen molar-refractivity contribution >= 4 is 24.2 Å². The van der Waals surface area contributed by atoms with E-state index in [0.717, 1.165) is 0 Å². The predicted octanol–water partition coefficient (Wildman–Crippen LogP) is 1.20. The van der Waals surface area contributed by atoms with Gasteiger partial charge in [0.1, 0.15) is 0 Å². The van der Waals surface area contributed by atoms with E-state index >= 15 is 0 Å². The molecule has 0 aromatic heterocycles. The van der Waals surface area contributed by atoms with Gasteiger partial charge in [-0.25, -0.2) is 0 Å². The summed E-state index contributed by atoms with van der Waals surface area (Å²) in [6, 6.07) is 0. The highest BCUT2D eigenvalue weighted by molar-refractivity contribution is 5.85. The molecule has 0 bridgehead atoms. The Morgan fingerprint density at radius 3 is 2.00 bits per heavy atom. The molecule has 0 heterocycles. The number of carbonyl (C=O) groups is 2. The zero-order valence-corrected chi connectivity index (χ0v) is 13.4. The van der Waals surface area contributed by atoms with Crippen LogP contribution in [0.25, 0.3) is 0 Å². The molecule has 0 unspecified atom stereocenters. The lowest BCUT2D eigenvalue weighted by atomic mass is 9.96. The average molecular weight is 294 g/mol. The molecule has 2 amide bonds. The van der Waals surface area contributed by atoms with E-state index in [1.54, 1.807) is 0 Å². The molecule has 0 rings (SSSR count). The second-order valence-electron chi connectivity index (χ2n) is 6.37. The molecule has 4 N–H and O–H groups in total. The van der Waals surface area contributed by atoms with E-state index in [0.29, 0.717) is 25.9 Å². The minimum absolute atomic E-state index is 0. The maximum atomic E-state index is 11.5. The van der Waals surface area contributed by atoms with E-state index in [-0.39, 0.29) is 29.6 Å². The third kappa shape index (κ3) is 12.0. The van der Waals surface area contributed by atoms with Crippen molar-refractivity contribution < 1.29 is 9.59 Å². The summed E-state index contributed by atoms with van der Waals surface area (Å²) in [5, 5.41) is 5.57. The highest BCUT2D eigenvalue weighted by Gasteiger charge is 2.20. The molecule has 5 nitrogen and oxygen atoms in total. The SMILES string of the molecule is CC(C)(N)CNC(=O)CCCNC(=O)C(C)(C)C.Cl. The number of carbonyl (C=O) groups excluding carboxylic acids is 2. The molecule has 19 heavy (non-hydrogen) atoms. The topological polar surface area (TPSA) is 84.2 Å². The highest BCUT2D eigenvalue weighted by atomic mass is 35.5. The molecule has 0 fully saturated rings. The maximum Gasteiger partial charge on any atom is 0.225 e. The Morgan fingerprint density at radius 2 is 1.58 bits per heavy atom. The fourth-order valence-electron chi connectivity index (χ4n) is 1.13. The molecule has 0 aliphatic carbocycles. The van der Waals surface area contributed by atoms with Crippen molar-refractivity contribution in [3.05, 3.63) is 0 Å². The van der Waals surface area contributed by atoms with Crippen molar-refractivity contribution in [3.8, 4) is 0 Å². The number of amides is 2. The second-order valence-corrected chi connectivity index (χ2v) is 6.37. The molecule has 0 aromatic carbocycles. The van der Waals surface area contributed by atoms with Gasteiger partial charge in [0.05, 0.1) is 0 Å². The van der Waals surface area contributed by atoms with Crippen LogP contribution in [-0.4, -0.2) is 30.4 Å². The van der Waals surface area contributed by atoms with Crippen LogP contribution in [0.3, 0.4) is 0 Å². The van der Waals surface area contributed by atoms with Crippen molar-refractivity contribution in [2.24, 2.45) is 11.1 Å². The molecule has 6 heteroatoms. The Labute approximate surface area is 122 Å². The molecule has 0 saturated heterocycles. The third-order valence-corrected chi connectivity index (χ3v) is 2.29. The van der Waals surface area contributed by atoms with E-state index in [1.165, 1.54) is 0 Å². The van der Waals surface area contributed by atoms with Gasteiger partial charge in [-0.2, -0.15) is 0 Å². The highest BCUT2D eigenvalue weighted by Crippen LogP contribution is 2.12. The molecule has 0 radical (unpaired) electrons. The van der Waals surface area contributed by atoms with Gasteiger partial charge in [-0.1, -0.05) is 20.8 Å². The Kier molecular flexibility index (Phi) is 9.04. The van der Waals surface area contributed by atoms with Gasteiger partial charge in [-0.15, -0.1) is 12.4 Å². The summed E-state index contributed by atoms with van der Waals surface area (Å²) in [5.41, 5.74) is 4.98. The van der Waals surface area contributed by atoms with Gasteiger partial charge in [-0.05, 0) is 20.3 Å². The summed E-state index contributed by atoms with van der Waals surface area (Å²) < 4.78 is 0. The lowest BCUT2D eigenvalue weighted by molar-refractivity contribution is -0.128. The van der Waals surface area contributed by atoms with Gasteiger partial charge < -0.3 is 16.4 Å². The van der Waals surface area contributed by atoms with Crippen LogP contribution < -0.4 is 16.4 Å². The molecule has 0 atom stereocenters. The lowest BCUT2D eigenvalue weighted by Crippen LogP contribution is -2.45. The van der Waals surface area contributed by atoms with Crippen molar-refractivity contribution in [3.63, 3.8) is 0 Å². The number of rotatable bonds is 6. The summed E-state index contributed by atoms with van der Waals surface area (Å²) in [6.07, 6.45) is 1.04. The first-order chi connectivity index (χ1) is 8.02. The first-order valence-corrected chi connectivity index (χ1v) is 6.36. The van der Waals surface area contributed by atoms with Crippen LogP contribution in [-0.2, 0) is 9.59 Å². The Morgan fingerprint density at radius 1 is 1.05 bits per heavy atom. The summed E-state index contributed by atoms with van der Waals surface area (Å²) in [6.45, 7) is 10.3. The first kappa shape index (κ1) is 20.5. The Balaban J connectivity index is 0. The number of nitrogens with one attached hydrogen (secondary N) is 2. The minimum Gasteiger partial charge on any atom is -0.356 e. The third-order valence-electron chi connectivity index (χ3n) is 2.29. The van der Waals surface area contributed by atoms with Gasteiger partial charge in [0.25, 0.3) is 0 Å². The monoisotopic (exact) mass is 293 g/mol. The van der Waals surface area contributed by atoms with Crippen LogP contribution in [0, 0.1) is 5.41 Å². The molecule has 0 aliphatic rings. The van der Waals surface area contributed by atoms with Gasteiger partial charge in [0, 0.05) is 30.5 Å². The second kappa shape index (κ2) is 8.38. The van der Waals surface area contributed by atoms with Gasteiger partial charge >= 0.3 is 0 Å². The van der Waals surface area contributed by atoms with Gasteiger partial charge in [0.15, 0.2) is 0 Å². The number of halogens is 1. The minimum atomic E-state index is -0.393. The van der Waals surface area contributed by atoms with Gasteiger partial charge in [-0.3, -0.25) is 9.59 Å². The fourth-order valence-corrected chi connectivity index (χ4v) is 1.13. The maximum absolute atomic E-state index is 11.5. The zero-order valence-electron chi connectivity index (χ0n) is 12.6. The predicted molar refractivity (Wildman–Crippen MR) is 80.2 cm³/mol. The number of hydrogen-bond donors (Lipinski definition) is 3. The Bertz CT molecular complexity index is 293. The van der Waals surface area contributed by atoms with Crippen LogP contribution in [0.15, 0.2) is 0 Å². The summed E-state index contributed by atoms with van der Waals surface area (Å²) in [5.74, 6) is -0.0236. The van der Waals surface area contributed by atoms with E-state index < -0.39 is 5.54 Å². The van der Waals surface area contributed by atoms with Crippen molar-refractivity contribution in [1.82, 2.24) is 10.6 Å². The standard InChI is InChI=1S/C13H27N3O2.ClH/c1-12(2,3)11(18)15-8-6-7-10(17)16-9-13(4,5)14;/h6-9,14H2,1-5H3,(H,15,18)(H,16,17);1H. The smallest absolute Gasteiger partial charge is 0.225 e. The first-order valence-electron chi connectivity index (χ1n) is 6.36. The molecule has 0 spiro atoms. The molecule has 0 aromatic rings. The van der Waals surface area contributed by atoms with E-state index in [1.807, 2.05) is 34.6 Å². The summed E-state index contributed by atoms with van der Waals surface area (Å²) in [4.78, 5) is 23.0. The summed E-state index contributed by atoms with van der Waals surface area (Å²) in [7, 11) is 0. The van der Waals surface area contributed by atoms with Crippen molar-refractivity contribution in [2.75, 3.05) is 13.1 Å². The van der Waals surface area contributed by atoms with Gasteiger partial charge in [0.2, 0.25) is 11.8 Å². The molecular formula is C13H28ClN3O2. The Hall–Kier alpha value is -0.810. The van der Waals surface area contributed by atoms with Crippen LogP contribution in [0.5, 0.6) is 0 Å². The van der Waals surface area contributed by atoms with E-state index in [2.05, 4.69) is 10.6 Å². The average Bonchev–Trinajstić information content (AvgIpc) is 2.18. The number of nitrogens with two attached hydrogens (primary N) is 1. The van der Waals surface area contributed by atoms with E-state index in [4.69, 9.17) is 5.73 Å². The zero-order chi connectivity index (χ0) is 14.4. The van der Waals surface area contributed by atoms with E-state index in [9.17, 15) is 9.59 Å². The quantitative estimate of drug-likeness (QED) is 0.644. The van der Waals surface area contributed by atoms with Crippen LogP contribution in [0.1, 0.15) is 47.5 Å². The number of hydrogen-bond acceptors (Lipinski definition) is 3. The molecule has 114 valence electrons. The largest absolute Gasteiger partial charge is 0.356 e. The molecule has 0 saturated carbocycles. The van der Waals surface area contributed by atoms with Crippen LogP contribution >= 0.6 is 12.4 Å². The van der Waals surface area contributed by atoms with Crippen LogP contribution in [0.2, 0.25) is 0 Å². The fraction of sp³-hybridized carbons (Fsp3) is 0.846. The lowest BCUT2D eigenvalue weighted by Gasteiger charge is -2.19. The van der Waals surface area contributed by atoms with Crippen molar-refractivity contribution in [1.29, 1.82) is 0 Å².